The van der Waals surface area contributed by atoms with Gasteiger partial charge in [-0.15, -0.1) is 0 Å². The number of anilines is 2. The Bertz CT molecular complexity index is 903. The van der Waals surface area contributed by atoms with Crippen LogP contribution in [0.2, 0.25) is 13.3 Å². The third-order valence-electron chi connectivity index (χ3n) is 7.21. The second-order valence-corrected chi connectivity index (χ2v) is 22.7. The first-order valence-electron chi connectivity index (χ1n) is 13.3. The SMILES string of the molecule is CCC[CH2][Sn](/[CH]=C(/CCCC#N)B1Nc2cccc3cccc(c23)N1)([CH2]CCC)[CH2]CCC. The summed E-state index contributed by atoms with van der Waals surface area (Å²) in [5.74, 6) is 0. The molecule has 0 spiro atoms. The molecule has 2 N–H and O–H groups in total. The van der Waals surface area contributed by atoms with Crippen molar-refractivity contribution < 1.29 is 0 Å². The van der Waals surface area contributed by atoms with Gasteiger partial charge in [-0.1, -0.05) is 0 Å². The van der Waals surface area contributed by atoms with Gasteiger partial charge < -0.3 is 0 Å². The Morgan fingerprint density at radius 1 is 0.879 bits per heavy atom. The van der Waals surface area contributed by atoms with Gasteiger partial charge in [0.2, 0.25) is 0 Å². The van der Waals surface area contributed by atoms with E-state index in [1.54, 1.807) is 0 Å². The van der Waals surface area contributed by atoms with E-state index >= 15 is 0 Å². The first kappa shape index (κ1) is 26.0. The van der Waals surface area contributed by atoms with Crippen LogP contribution in [0.5, 0.6) is 0 Å². The number of unbranched alkanes of at least 4 members (excludes halogenated alkanes) is 4. The number of benzene rings is 2. The molecule has 176 valence electrons. The Hall–Kier alpha value is -1.61. The van der Waals surface area contributed by atoms with Crippen LogP contribution in [0.4, 0.5) is 11.4 Å². The number of hydrogen-bond acceptors (Lipinski definition) is 3. The van der Waals surface area contributed by atoms with Crippen LogP contribution in [-0.4, -0.2) is 25.4 Å². The summed E-state index contributed by atoms with van der Waals surface area (Å²) in [7, 11) is 0. The number of nitrogens with one attached hydrogen (secondary N) is 2. The predicted octanol–water partition coefficient (Wildman–Crippen LogP) is 8.71. The van der Waals surface area contributed by atoms with Gasteiger partial charge in [0.15, 0.2) is 0 Å². The van der Waals surface area contributed by atoms with Crippen molar-refractivity contribution in [1.29, 1.82) is 5.26 Å². The standard InChI is InChI=1S/C16H15BN3.3C4H9.Sn/c1-12(6-2-3-11-18)17-19-14-9-4-7-13-8-5-10-15(20-17)16(13)14;3*1-3-4-2;/h1,4-5,7-10,19-20H,2-3,6H2;3*1,3-4H2,2H3;. The van der Waals surface area contributed by atoms with Gasteiger partial charge in [-0.25, -0.2) is 0 Å². The van der Waals surface area contributed by atoms with E-state index in [1.165, 1.54) is 79.5 Å². The van der Waals surface area contributed by atoms with Gasteiger partial charge in [0.25, 0.3) is 0 Å². The average Bonchev–Trinajstić information content (AvgIpc) is 2.84. The summed E-state index contributed by atoms with van der Waals surface area (Å²) in [6.45, 7) is 7.16. The number of allylic oxidation sites excluding steroid dienone is 1. The molecule has 1 heterocycles. The van der Waals surface area contributed by atoms with E-state index in [0.717, 1.165) is 12.8 Å². The Morgan fingerprint density at radius 3 is 1.91 bits per heavy atom. The molecule has 1 aliphatic heterocycles. The topological polar surface area (TPSA) is 47.9 Å². The molecule has 0 radical (unpaired) electrons. The van der Waals surface area contributed by atoms with Gasteiger partial charge in [0.1, 0.15) is 0 Å². The fourth-order valence-electron chi connectivity index (χ4n) is 5.36. The molecule has 2 aromatic rings. The van der Waals surface area contributed by atoms with Crippen LogP contribution in [-0.2, 0) is 0 Å². The molecule has 0 aliphatic carbocycles. The molecule has 0 atom stereocenters. The zero-order chi connectivity index (χ0) is 23.5. The Morgan fingerprint density at radius 2 is 1.42 bits per heavy atom. The van der Waals surface area contributed by atoms with E-state index in [-0.39, 0.29) is 6.98 Å². The molecule has 33 heavy (non-hydrogen) atoms. The summed E-state index contributed by atoms with van der Waals surface area (Å²) in [5, 5.41) is 19.5. The van der Waals surface area contributed by atoms with Gasteiger partial charge in [-0.3, -0.25) is 0 Å². The molecule has 3 nitrogen and oxygen atoms in total. The fraction of sp³-hybridized carbons (Fsp3) is 0.536. The molecule has 0 bridgehead atoms. The molecule has 1 aliphatic rings. The first-order chi connectivity index (χ1) is 16.2. The van der Waals surface area contributed by atoms with Crippen LogP contribution in [0, 0.1) is 11.3 Å². The van der Waals surface area contributed by atoms with Crippen molar-refractivity contribution in [3.8, 4) is 6.07 Å². The van der Waals surface area contributed by atoms with E-state index in [9.17, 15) is 5.26 Å². The molecule has 3 rings (SSSR count). The van der Waals surface area contributed by atoms with Gasteiger partial charge in [-0.05, 0) is 0 Å². The van der Waals surface area contributed by atoms with Crippen LogP contribution in [0.15, 0.2) is 46.0 Å². The van der Waals surface area contributed by atoms with Gasteiger partial charge in [0.05, 0.1) is 0 Å². The molecule has 0 saturated heterocycles. The Kier molecular flexibility index (Phi) is 10.5. The van der Waals surface area contributed by atoms with E-state index in [4.69, 9.17) is 0 Å². The van der Waals surface area contributed by atoms with Crippen LogP contribution in [0.3, 0.4) is 0 Å². The molecular weight excluding hydrogens is 508 g/mol. The third kappa shape index (κ3) is 6.95. The molecule has 0 amide bonds. The monoisotopic (exact) mass is 551 g/mol. The summed E-state index contributed by atoms with van der Waals surface area (Å²) >= 11 is -2.47. The fourth-order valence-corrected chi connectivity index (χ4v) is 20.9. The zero-order valence-corrected chi connectivity index (χ0v) is 23.9. The second kappa shape index (κ2) is 13.3. The third-order valence-corrected chi connectivity index (χ3v) is 21.6. The van der Waals surface area contributed by atoms with E-state index in [0.29, 0.717) is 6.42 Å². The van der Waals surface area contributed by atoms with Gasteiger partial charge in [-0.2, -0.15) is 0 Å². The number of nitriles is 1. The predicted molar refractivity (Wildman–Crippen MR) is 149 cm³/mol. The van der Waals surface area contributed by atoms with Crippen LogP contribution in [0.1, 0.15) is 78.6 Å². The zero-order valence-electron chi connectivity index (χ0n) is 21.1. The number of rotatable bonds is 14. The average molecular weight is 550 g/mol. The van der Waals surface area contributed by atoms with Crippen LogP contribution >= 0.6 is 0 Å². The summed E-state index contributed by atoms with van der Waals surface area (Å²) in [6, 6.07) is 15.5. The second-order valence-electron chi connectivity index (χ2n) is 9.83. The molecule has 0 saturated carbocycles. The molecular formula is C28H42BN3Sn. The van der Waals surface area contributed by atoms with Gasteiger partial charge >= 0.3 is 207 Å². The van der Waals surface area contributed by atoms with Crippen molar-refractivity contribution in [1.82, 2.24) is 0 Å². The minimum atomic E-state index is -2.47. The summed E-state index contributed by atoms with van der Waals surface area (Å²) < 4.78 is 7.30. The van der Waals surface area contributed by atoms with Crippen LogP contribution in [0.25, 0.3) is 10.8 Å². The van der Waals surface area contributed by atoms with Gasteiger partial charge in [0, 0.05) is 0 Å². The maximum atomic E-state index is 9.21. The minimum absolute atomic E-state index is 0.130. The normalized spacial score (nSPS) is 13.5. The van der Waals surface area contributed by atoms with Crippen molar-refractivity contribution in [2.75, 3.05) is 10.5 Å². The molecule has 0 fully saturated rings. The van der Waals surface area contributed by atoms with Crippen molar-refractivity contribution >= 4 is 47.5 Å². The number of hydrogen-bond donors (Lipinski definition) is 2. The quantitative estimate of drug-likeness (QED) is 0.183. The summed E-state index contributed by atoms with van der Waals surface area (Å²) in [5.41, 5.74) is 3.99. The molecule has 0 aromatic heterocycles. The van der Waals surface area contributed by atoms with Crippen molar-refractivity contribution in [2.45, 2.75) is 91.9 Å². The van der Waals surface area contributed by atoms with Crippen molar-refractivity contribution in [3.63, 3.8) is 0 Å². The Balaban J connectivity index is 1.99. The molecule has 2 aromatic carbocycles. The van der Waals surface area contributed by atoms with Crippen LogP contribution < -0.4 is 10.5 Å². The van der Waals surface area contributed by atoms with Crippen molar-refractivity contribution in [2.24, 2.45) is 0 Å². The van der Waals surface area contributed by atoms with E-state index < -0.39 is 18.4 Å². The van der Waals surface area contributed by atoms with E-state index in [2.05, 4.69) is 77.8 Å². The van der Waals surface area contributed by atoms with Crippen molar-refractivity contribution in [3.05, 3.63) is 46.0 Å². The molecule has 5 heteroatoms. The maximum absolute atomic E-state index is 9.21. The Labute approximate surface area is 206 Å². The molecule has 0 unspecified atom stereocenters. The summed E-state index contributed by atoms with van der Waals surface area (Å²) in [6.07, 6.45) is 10.6. The van der Waals surface area contributed by atoms with E-state index in [1.807, 2.05) is 0 Å². The number of nitrogens with zero attached hydrogens (tertiary/aromatic N) is 1. The summed E-state index contributed by atoms with van der Waals surface area (Å²) in [4.78, 5) is 0. The first-order valence-corrected chi connectivity index (χ1v) is 21.0.